The Hall–Kier alpha value is -1.10. The minimum Gasteiger partial charge on any atom is -0.345 e. The summed E-state index contributed by atoms with van der Waals surface area (Å²) >= 11 is 0. The largest absolute Gasteiger partial charge is 0.345 e. The molecular formula is C12H21N3O2. The molecule has 2 rings (SSSR count). The summed E-state index contributed by atoms with van der Waals surface area (Å²) in [7, 11) is 0. The molecule has 1 heterocycles. The van der Waals surface area contributed by atoms with Gasteiger partial charge in [0.15, 0.2) is 0 Å². The summed E-state index contributed by atoms with van der Waals surface area (Å²) in [5, 5.41) is 2.67. The number of amides is 2. The van der Waals surface area contributed by atoms with E-state index >= 15 is 0 Å². The highest BCUT2D eigenvalue weighted by atomic mass is 16.2. The lowest BCUT2D eigenvalue weighted by Crippen LogP contribution is -2.55. The van der Waals surface area contributed by atoms with Gasteiger partial charge in [0.05, 0.1) is 12.1 Å². The van der Waals surface area contributed by atoms with Crippen molar-refractivity contribution in [1.29, 1.82) is 0 Å². The fourth-order valence-corrected chi connectivity index (χ4v) is 2.29. The normalized spacial score (nSPS) is 23.3. The molecule has 1 aliphatic carbocycles. The molecule has 1 unspecified atom stereocenters. The molecular weight excluding hydrogens is 218 g/mol. The van der Waals surface area contributed by atoms with Crippen molar-refractivity contribution in [1.82, 2.24) is 10.2 Å². The molecule has 1 atom stereocenters. The lowest BCUT2D eigenvalue weighted by molar-refractivity contribution is -0.133. The number of hydrogen-bond donors (Lipinski definition) is 2. The number of nitrogens with two attached hydrogens (primary N) is 1. The Kier molecular flexibility index (Phi) is 3.38. The summed E-state index contributed by atoms with van der Waals surface area (Å²) in [5.41, 5.74) is 5.15. The minimum absolute atomic E-state index is 0.00227. The third kappa shape index (κ3) is 2.77. The van der Waals surface area contributed by atoms with E-state index in [1.54, 1.807) is 11.8 Å². The Balaban J connectivity index is 1.77. The van der Waals surface area contributed by atoms with E-state index in [9.17, 15) is 9.59 Å². The van der Waals surface area contributed by atoms with Crippen LogP contribution >= 0.6 is 0 Å². The molecule has 17 heavy (non-hydrogen) atoms. The number of nitrogens with zero attached hydrogens (tertiary/aromatic N) is 1. The van der Waals surface area contributed by atoms with Gasteiger partial charge < -0.3 is 16.0 Å². The summed E-state index contributed by atoms with van der Waals surface area (Å²) in [4.78, 5) is 25.4. The first kappa shape index (κ1) is 12.4. The van der Waals surface area contributed by atoms with Crippen LogP contribution in [0.25, 0.3) is 0 Å². The van der Waals surface area contributed by atoms with Gasteiger partial charge in [-0.1, -0.05) is 0 Å². The van der Waals surface area contributed by atoms with Gasteiger partial charge in [0, 0.05) is 13.1 Å². The van der Waals surface area contributed by atoms with Gasteiger partial charge in [0.25, 0.3) is 0 Å². The van der Waals surface area contributed by atoms with Crippen LogP contribution in [0.15, 0.2) is 0 Å². The molecule has 3 N–H and O–H groups in total. The first-order valence-electron chi connectivity index (χ1n) is 6.37. The van der Waals surface area contributed by atoms with Gasteiger partial charge >= 0.3 is 0 Å². The number of carbonyl (C=O) groups excluding carboxylic acids is 2. The predicted octanol–water partition coefficient (Wildman–Crippen LogP) is -0.148. The third-order valence-electron chi connectivity index (χ3n) is 3.77. The lowest BCUT2D eigenvalue weighted by Gasteiger charge is -2.24. The molecule has 0 aromatic heterocycles. The summed E-state index contributed by atoms with van der Waals surface area (Å²) in [6, 6.07) is 0. The molecule has 0 bridgehead atoms. The number of rotatable bonds is 4. The molecule has 0 aromatic rings. The summed E-state index contributed by atoms with van der Waals surface area (Å²) in [6.07, 6.45) is 4.16. The van der Waals surface area contributed by atoms with Crippen molar-refractivity contribution in [2.75, 3.05) is 19.6 Å². The Bertz CT molecular complexity index is 318. The van der Waals surface area contributed by atoms with Gasteiger partial charge in [0.1, 0.15) is 0 Å². The highest BCUT2D eigenvalue weighted by molar-refractivity contribution is 5.90. The fourth-order valence-electron chi connectivity index (χ4n) is 2.29. The summed E-state index contributed by atoms with van der Waals surface area (Å²) in [6.45, 7) is 3.47. The zero-order valence-corrected chi connectivity index (χ0v) is 10.4. The topological polar surface area (TPSA) is 75.4 Å². The highest BCUT2D eigenvalue weighted by Crippen LogP contribution is 2.38. The predicted molar refractivity (Wildman–Crippen MR) is 64.1 cm³/mol. The van der Waals surface area contributed by atoms with E-state index in [-0.39, 0.29) is 24.3 Å². The van der Waals surface area contributed by atoms with Crippen LogP contribution in [-0.2, 0) is 9.59 Å². The molecule has 1 saturated carbocycles. The van der Waals surface area contributed by atoms with Crippen molar-refractivity contribution in [2.45, 2.75) is 38.1 Å². The van der Waals surface area contributed by atoms with Crippen LogP contribution in [-0.4, -0.2) is 41.9 Å². The van der Waals surface area contributed by atoms with Crippen molar-refractivity contribution in [3.63, 3.8) is 0 Å². The zero-order chi connectivity index (χ0) is 12.5. The van der Waals surface area contributed by atoms with Gasteiger partial charge in [-0.05, 0) is 38.5 Å². The van der Waals surface area contributed by atoms with E-state index < -0.39 is 5.54 Å². The molecule has 96 valence electrons. The van der Waals surface area contributed by atoms with Gasteiger partial charge in [-0.2, -0.15) is 0 Å². The van der Waals surface area contributed by atoms with E-state index in [0.717, 1.165) is 38.8 Å². The Morgan fingerprint density at radius 1 is 1.35 bits per heavy atom. The average molecular weight is 239 g/mol. The Morgan fingerprint density at radius 3 is 2.47 bits per heavy atom. The van der Waals surface area contributed by atoms with Gasteiger partial charge in [-0.15, -0.1) is 0 Å². The molecule has 0 radical (unpaired) electrons. The van der Waals surface area contributed by atoms with Crippen LogP contribution in [0.4, 0.5) is 0 Å². The van der Waals surface area contributed by atoms with E-state index in [1.807, 2.05) is 0 Å². The van der Waals surface area contributed by atoms with Crippen molar-refractivity contribution in [3.8, 4) is 0 Å². The van der Waals surface area contributed by atoms with Crippen molar-refractivity contribution in [3.05, 3.63) is 0 Å². The Morgan fingerprint density at radius 2 is 1.94 bits per heavy atom. The van der Waals surface area contributed by atoms with Crippen molar-refractivity contribution < 1.29 is 9.59 Å². The van der Waals surface area contributed by atoms with Crippen LogP contribution < -0.4 is 11.1 Å². The average Bonchev–Trinajstić information content (AvgIpc) is 3.02. The second kappa shape index (κ2) is 4.64. The second-order valence-corrected chi connectivity index (χ2v) is 5.33. The van der Waals surface area contributed by atoms with E-state index in [2.05, 4.69) is 5.32 Å². The maximum Gasteiger partial charge on any atom is 0.241 e. The maximum atomic E-state index is 11.9. The van der Waals surface area contributed by atoms with Gasteiger partial charge in [0.2, 0.25) is 11.8 Å². The first-order valence-corrected chi connectivity index (χ1v) is 6.37. The number of hydrogen-bond acceptors (Lipinski definition) is 3. The highest BCUT2D eigenvalue weighted by Gasteiger charge is 2.44. The molecule has 0 spiro atoms. The molecule has 1 saturated heterocycles. The number of likely N-dealkylation sites (tertiary alicyclic amines) is 1. The van der Waals surface area contributed by atoms with Crippen molar-refractivity contribution in [2.24, 2.45) is 11.7 Å². The van der Waals surface area contributed by atoms with Crippen LogP contribution in [0, 0.1) is 5.92 Å². The second-order valence-electron chi connectivity index (χ2n) is 5.33. The molecule has 5 nitrogen and oxygen atoms in total. The van der Waals surface area contributed by atoms with Crippen LogP contribution in [0.2, 0.25) is 0 Å². The van der Waals surface area contributed by atoms with Gasteiger partial charge in [-0.3, -0.25) is 9.59 Å². The lowest BCUT2D eigenvalue weighted by atomic mass is 9.96. The smallest absolute Gasteiger partial charge is 0.241 e. The van der Waals surface area contributed by atoms with E-state index in [4.69, 9.17) is 5.73 Å². The van der Waals surface area contributed by atoms with Crippen LogP contribution in [0.1, 0.15) is 32.6 Å². The molecule has 2 fully saturated rings. The summed E-state index contributed by atoms with van der Waals surface area (Å²) < 4.78 is 0. The van der Waals surface area contributed by atoms with E-state index in [1.165, 1.54) is 0 Å². The SMILES string of the molecule is CC(N)(C(=O)NCC(=O)N1CCCC1)C1CC1. The Labute approximate surface area is 102 Å². The number of carbonyl (C=O) groups is 2. The zero-order valence-electron chi connectivity index (χ0n) is 10.4. The maximum absolute atomic E-state index is 11.9. The molecule has 0 aromatic carbocycles. The van der Waals surface area contributed by atoms with Gasteiger partial charge in [-0.25, -0.2) is 0 Å². The van der Waals surface area contributed by atoms with E-state index in [0.29, 0.717) is 0 Å². The first-order chi connectivity index (χ1) is 8.01. The molecule has 5 heteroatoms. The molecule has 1 aliphatic heterocycles. The van der Waals surface area contributed by atoms with Crippen molar-refractivity contribution >= 4 is 11.8 Å². The quantitative estimate of drug-likeness (QED) is 0.716. The molecule has 2 amide bonds. The van der Waals surface area contributed by atoms with Crippen LogP contribution in [0.5, 0.6) is 0 Å². The standard InChI is InChI=1S/C12H21N3O2/c1-12(13,9-4-5-9)11(17)14-8-10(16)15-6-2-3-7-15/h9H,2-8,13H2,1H3,(H,14,17). The van der Waals surface area contributed by atoms with Crippen LogP contribution in [0.3, 0.4) is 0 Å². The minimum atomic E-state index is -0.814. The monoisotopic (exact) mass is 239 g/mol. The third-order valence-corrected chi connectivity index (χ3v) is 3.77. The number of nitrogens with one attached hydrogen (secondary N) is 1. The summed E-state index contributed by atoms with van der Waals surface area (Å²) in [5.74, 6) is 0.0828. The fraction of sp³-hybridized carbons (Fsp3) is 0.833. The molecule has 2 aliphatic rings.